The van der Waals surface area contributed by atoms with E-state index in [-0.39, 0.29) is 12.0 Å². The lowest BCUT2D eigenvalue weighted by Crippen LogP contribution is -2.08. The van der Waals surface area contributed by atoms with E-state index in [0.29, 0.717) is 9.26 Å². The second-order valence-corrected chi connectivity index (χ2v) is 3.91. The second kappa shape index (κ2) is 5.34. The van der Waals surface area contributed by atoms with Crippen molar-refractivity contribution in [2.75, 3.05) is 7.11 Å². The Morgan fingerprint density at radius 1 is 1.67 bits per heavy atom. The van der Waals surface area contributed by atoms with Gasteiger partial charge in [-0.1, -0.05) is 0 Å². The molecule has 0 aliphatic carbocycles. The fourth-order valence-corrected chi connectivity index (χ4v) is 1.63. The van der Waals surface area contributed by atoms with Crippen LogP contribution in [0.2, 0.25) is 0 Å². The van der Waals surface area contributed by atoms with Crippen LogP contribution in [0.4, 0.5) is 8.78 Å². The number of carbonyl (C=O) groups excluding carboxylic acids is 1. The van der Waals surface area contributed by atoms with Crippen LogP contribution in [0.5, 0.6) is 0 Å². The van der Waals surface area contributed by atoms with Crippen LogP contribution in [-0.2, 0) is 16.0 Å². The predicted molar refractivity (Wildman–Crippen MR) is 57.6 cm³/mol. The van der Waals surface area contributed by atoms with E-state index in [0.717, 1.165) is 6.20 Å². The first-order chi connectivity index (χ1) is 7.04. The van der Waals surface area contributed by atoms with E-state index >= 15 is 0 Å². The van der Waals surface area contributed by atoms with Crippen LogP contribution in [0.1, 0.15) is 17.7 Å². The summed E-state index contributed by atoms with van der Waals surface area (Å²) >= 11 is 1.87. The van der Waals surface area contributed by atoms with Crippen LogP contribution >= 0.6 is 22.6 Å². The third kappa shape index (κ3) is 3.37. The van der Waals surface area contributed by atoms with Crippen LogP contribution in [0.25, 0.3) is 0 Å². The van der Waals surface area contributed by atoms with Gasteiger partial charge in [0.15, 0.2) is 0 Å². The van der Waals surface area contributed by atoms with E-state index in [2.05, 4.69) is 9.72 Å². The smallest absolute Gasteiger partial charge is 0.311 e. The molecule has 1 rings (SSSR count). The SMILES string of the molecule is COC(=O)Cc1ncc(C(F)F)cc1I. The van der Waals surface area contributed by atoms with Gasteiger partial charge in [0.1, 0.15) is 0 Å². The third-order valence-electron chi connectivity index (χ3n) is 1.73. The maximum atomic E-state index is 12.3. The highest BCUT2D eigenvalue weighted by atomic mass is 127. The maximum Gasteiger partial charge on any atom is 0.311 e. The lowest BCUT2D eigenvalue weighted by atomic mass is 10.2. The van der Waals surface area contributed by atoms with Crippen LogP contribution in [-0.4, -0.2) is 18.1 Å². The van der Waals surface area contributed by atoms with E-state index in [1.54, 1.807) is 0 Å². The summed E-state index contributed by atoms with van der Waals surface area (Å²) in [6.07, 6.45) is -1.47. The molecule has 15 heavy (non-hydrogen) atoms. The molecular formula is C9H8F2INO2. The van der Waals surface area contributed by atoms with E-state index in [1.165, 1.54) is 13.2 Å². The molecule has 0 spiro atoms. The number of nitrogens with zero attached hydrogens (tertiary/aromatic N) is 1. The molecule has 0 fully saturated rings. The van der Waals surface area contributed by atoms with Gasteiger partial charge in [-0.05, 0) is 28.7 Å². The number of carbonyl (C=O) groups is 1. The monoisotopic (exact) mass is 327 g/mol. The van der Waals surface area contributed by atoms with Crippen molar-refractivity contribution >= 4 is 28.6 Å². The number of ether oxygens (including phenoxy) is 1. The molecule has 1 aromatic heterocycles. The van der Waals surface area contributed by atoms with Crippen molar-refractivity contribution in [2.45, 2.75) is 12.8 Å². The molecule has 82 valence electrons. The van der Waals surface area contributed by atoms with Crippen molar-refractivity contribution in [1.82, 2.24) is 4.98 Å². The number of methoxy groups -OCH3 is 1. The number of aromatic nitrogens is 1. The standard InChI is InChI=1S/C9H8F2INO2/c1-15-8(14)3-7-6(12)2-5(4-13-7)9(10)11/h2,4,9H,3H2,1H3. The van der Waals surface area contributed by atoms with Crippen molar-refractivity contribution in [1.29, 1.82) is 0 Å². The van der Waals surface area contributed by atoms with E-state index in [1.807, 2.05) is 22.6 Å². The maximum absolute atomic E-state index is 12.3. The lowest BCUT2D eigenvalue weighted by Gasteiger charge is -2.04. The first-order valence-corrected chi connectivity index (χ1v) is 5.11. The Labute approximate surface area is 99.0 Å². The largest absolute Gasteiger partial charge is 0.469 e. The number of pyridine rings is 1. The normalized spacial score (nSPS) is 10.5. The minimum atomic E-state index is -2.54. The summed E-state index contributed by atoms with van der Waals surface area (Å²) in [5, 5.41) is 0. The van der Waals surface area contributed by atoms with E-state index in [4.69, 9.17) is 0 Å². The molecule has 0 N–H and O–H groups in total. The Balaban J connectivity index is 2.88. The van der Waals surface area contributed by atoms with Crippen molar-refractivity contribution in [3.63, 3.8) is 0 Å². The topological polar surface area (TPSA) is 39.2 Å². The molecule has 3 nitrogen and oxygen atoms in total. The number of hydrogen-bond acceptors (Lipinski definition) is 3. The van der Waals surface area contributed by atoms with E-state index < -0.39 is 12.4 Å². The summed E-state index contributed by atoms with van der Waals surface area (Å²) < 4.78 is 29.5. The Kier molecular flexibility index (Phi) is 4.37. The number of rotatable bonds is 3. The molecule has 0 saturated carbocycles. The molecule has 0 radical (unpaired) electrons. The second-order valence-electron chi connectivity index (χ2n) is 2.75. The molecule has 0 aliphatic rings. The average molecular weight is 327 g/mol. The van der Waals surface area contributed by atoms with E-state index in [9.17, 15) is 13.6 Å². The predicted octanol–water partition coefficient (Wildman–Crippen LogP) is 2.34. The van der Waals surface area contributed by atoms with Gasteiger partial charge < -0.3 is 4.74 Å². The fourth-order valence-electron chi connectivity index (χ4n) is 0.939. The van der Waals surface area contributed by atoms with Gasteiger partial charge in [0.05, 0.1) is 19.2 Å². The Morgan fingerprint density at radius 3 is 2.80 bits per heavy atom. The summed E-state index contributed by atoms with van der Waals surface area (Å²) in [7, 11) is 1.27. The molecule has 0 aliphatic heterocycles. The number of hydrogen-bond donors (Lipinski definition) is 0. The van der Waals surface area contributed by atoms with Gasteiger partial charge in [-0.25, -0.2) is 8.78 Å². The molecule has 6 heteroatoms. The summed E-state index contributed by atoms with van der Waals surface area (Å²) in [6, 6.07) is 1.32. The van der Waals surface area contributed by atoms with Gasteiger partial charge in [-0.3, -0.25) is 9.78 Å². The van der Waals surface area contributed by atoms with Crippen molar-refractivity contribution in [2.24, 2.45) is 0 Å². The molecule has 0 atom stereocenters. The van der Waals surface area contributed by atoms with Gasteiger partial charge in [-0.15, -0.1) is 0 Å². The molecule has 0 bridgehead atoms. The first kappa shape index (κ1) is 12.3. The zero-order valence-corrected chi connectivity index (χ0v) is 9.99. The van der Waals surface area contributed by atoms with Crippen LogP contribution in [0.15, 0.2) is 12.3 Å². The zero-order chi connectivity index (χ0) is 11.4. The molecule has 0 amide bonds. The van der Waals surface area contributed by atoms with Gasteiger partial charge in [-0.2, -0.15) is 0 Å². The minimum absolute atomic E-state index is 0.00170. The zero-order valence-electron chi connectivity index (χ0n) is 7.84. The summed E-state index contributed by atoms with van der Waals surface area (Å²) in [5.41, 5.74) is 0.305. The van der Waals surface area contributed by atoms with Crippen LogP contribution in [0, 0.1) is 3.57 Å². The summed E-state index contributed by atoms with van der Waals surface area (Å²) in [4.78, 5) is 14.7. The Hall–Kier alpha value is -0.790. The molecule has 1 heterocycles. The highest BCUT2D eigenvalue weighted by molar-refractivity contribution is 14.1. The quantitative estimate of drug-likeness (QED) is 0.632. The minimum Gasteiger partial charge on any atom is -0.469 e. The number of alkyl halides is 2. The average Bonchev–Trinajstić information content (AvgIpc) is 2.20. The van der Waals surface area contributed by atoms with Gasteiger partial charge in [0, 0.05) is 15.3 Å². The Morgan fingerprint density at radius 2 is 2.33 bits per heavy atom. The highest BCUT2D eigenvalue weighted by Gasteiger charge is 2.12. The molecule has 0 aromatic carbocycles. The fraction of sp³-hybridized carbons (Fsp3) is 0.333. The summed E-state index contributed by atoms with van der Waals surface area (Å²) in [5.74, 6) is -0.440. The van der Waals surface area contributed by atoms with Crippen LogP contribution in [0.3, 0.4) is 0 Å². The van der Waals surface area contributed by atoms with Gasteiger partial charge in [0.25, 0.3) is 6.43 Å². The highest BCUT2D eigenvalue weighted by Crippen LogP contribution is 2.21. The number of esters is 1. The summed E-state index contributed by atoms with van der Waals surface area (Å²) in [6.45, 7) is 0. The Bertz CT molecular complexity index is 371. The lowest BCUT2D eigenvalue weighted by molar-refractivity contribution is -0.139. The van der Waals surface area contributed by atoms with Gasteiger partial charge >= 0.3 is 5.97 Å². The van der Waals surface area contributed by atoms with Crippen LogP contribution < -0.4 is 0 Å². The molecular weight excluding hydrogens is 319 g/mol. The van der Waals surface area contributed by atoms with Crippen molar-refractivity contribution < 1.29 is 18.3 Å². The van der Waals surface area contributed by atoms with Crippen molar-refractivity contribution in [3.05, 3.63) is 27.1 Å². The number of halogens is 3. The molecule has 1 aromatic rings. The molecule has 0 unspecified atom stereocenters. The van der Waals surface area contributed by atoms with Gasteiger partial charge in [0.2, 0.25) is 0 Å². The first-order valence-electron chi connectivity index (χ1n) is 4.04. The molecule has 0 saturated heterocycles. The van der Waals surface area contributed by atoms with Crippen molar-refractivity contribution in [3.8, 4) is 0 Å². The third-order valence-corrected chi connectivity index (χ3v) is 2.66.